The van der Waals surface area contributed by atoms with E-state index in [4.69, 9.17) is 9.47 Å². The zero-order chi connectivity index (χ0) is 18.0. The minimum absolute atomic E-state index is 0.0735. The molecular formula is C16H15BrN2O5S. The van der Waals surface area contributed by atoms with Crippen LogP contribution in [0.2, 0.25) is 0 Å². The average Bonchev–Trinajstić information content (AvgIpc) is 2.61. The molecule has 0 atom stereocenters. The van der Waals surface area contributed by atoms with Gasteiger partial charge in [0.2, 0.25) is 0 Å². The molecule has 9 heteroatoms. The Morgan fingerprint density at radius 2 is 1.80 bits per heavy atom. The van der Waals surface area contributed by atoms with Gasteiger partial charge in [0, 0.05) is 10.0 Å². The van der Waals surface area contributed by atoms with Crippen molar-refractivity contribution < 1.29 is 22.7 Å². The smallest absolute Gasteiger partial charge is 0.266 e. The molecule has 1 heterocycles. The Balaban J connectivity index is 1.74. The molecule has 132 valence electrons. The van der Waals surface area contributed by atoms with Gasteiger partial charge in [-0.2, -0.15) is 0 Å². The normalized spacial score (nSPS) is 13.4. The van der Waals surface area contributed by atoms with Crippen LogP contribution in [-0.2, 0) is 10.0 Å². The number of rotatable bonds is 4. The van der Waals surface area contributed by atoms with Gasteiger partial charge < -0.3 is 9.47 Å². The number of carbonyl (C=O) groups excluding carboxylic acids is 1. The largest absolute Gasteiger partial charge is 0.486 e. The number of hydrazine groups is 1. The number of ether oxygens (including phenoxy) is 2. The monoisotopic (exact) mass is 426 g/mol. The van der Waals surface area contributed by atoms with Gasteiger partial charge in [0.25, 0.3) is 15.9 Å². The third-order valence-corrected chi connectivity index (χ3v) is 5.43. The summed E-state index contributed by atoms with van der Waals surface area (Å²) >= 11 is 3.24. The minimum Gasteiger partial charge on any atom is -0.486 e. The minimum atomic E-state index is -3.90. The maximum atomic E-state index is 12.4. The molecule has 0 aliphatic carbocycles. The number of fused-ring (bicyclic) bond motifs is 1. The van der Waals surface area contributed by atoms with Gasteiger partial charge in [-0.25, -0.2) is 8.42 Å². The second-order valence-electron chi connectivity index (χ2n) is 5.33. The number of benzene rings is 2. The summed E-state index contributed by atoms with van der Waals surface area (Å²) in [5, 5.41) is 0. The zero-order valence-corrected chi connectivity index (χ0v) is 15.6. The van der Waals surface area contributed by atoms with Crippen LogP contribution < -0.4 is 19.7 Å². The fourth-order valence-electron chi connectivity index (χ4n) is 2.29. The summed E-state index contributed by atoms with van der Waals surface area (Å²) in [6.45, 7) is 2.51. The van der Waals surface area contributed by atoms with Crippen molar-refractivity contribution in [3.63, 3.8) is 0 Å². The van der Waals surface area contributed by atoms with Crippen molar-refractivity contribution in [2.45, 2.75) is 11.8 Å². The molecule has 7 nitrogen and oxygen atoms in total. The van der Waals surface area contributed by atoms with Gasteiger partial charge in [0.15, 0.2) is 11.5 Å². The summed E-state index contributed by atoms with van der Waals surface area (Å²) < 4.78 is 36.2. The van der Waals surface area contributed by atoms with Crippen LogP contribution in [-0.4, -0.2) is 27.5 Å². The standard InChI is InChI=1S/C16H15BrN2O5S/c1-10-2-4-12(17)9-15(10)25(21,22)19-18-16(20)11-3-5-13-14(8-11)24-7-6-23-13/h2-5,8-9,19H,6-7H2,1H3,(H,18,20). The van der Waals surface area contributed by atoms with Gasteiger partial charge in [0.1, 0.15) is 13.2 Å². The Labute approximate surface area is 153 Å². The predicted octanol–water partition coefficient (Wildman–Crippen LogP) is 2.15. The van der Waals surface area contributed by atoms with Gasteiger partial charge >= 0.3 is 0 Å². The van der Waals surface area contributed by atoms with Crippen LogP contribution in [0.3, 0.4) is 0 Å². The van der Waals surface area contributed by atoms with Crippen molar-refractivity contribution in [2.24, 2.45) is 0 Å². The maximum absolute atomic E-state index is 12.4. The van der Waals surface area contributed by atoms with Crippen molar-refractivity contribution in [1.82, 2.24) is 10.3 Å². The number of aryl methyl sites for hydroxylation is 1. The van der Waals surface area contributed by atoms with Crippen molar-refractivity contribution in [2.75, 3.05) is 13.2 Å². The first-order valence-electron chi connectivity index (χ1n) is 7.35. The summed E-state index contributed by atoms with van der Waals surface area (Å²) in [7, 11) is -3.90. The first kappa shape index (κ1) is 17.7. The fourth-order valence-corrected chi connectivity index (χ4v) is 3.91. The van der Waals surface area contributed by atoms with E-state index >= 15 is 0 Å². The van der Waals surface area contributed by atoms with Gasteiger partial charge in [-0.15, -0.1) is 4.83 Å². The third-order valence-electron chi connectivity index (χ3n) is 3.54. The summed E-state index contributed by atoms with van der Waals surface area (Å²) in [6, 6.07) is 9.51. The Morgan fingerprint density at radius 3 is 2.56 bits per heavy atom. The molecule has 0 radical (unpaired) electrons. The van der Waals surface area contributed by atoms with Crippen LogP contribution in [0.25, 0.3) is 0 Å². The Bertz CT molecular complexity index is 930. The molecule has 0 saturated heterocycles. The fraction of sp³-hybridized carbons (Fsp3) is 0.188. The van der Waals surface area contributed by atoms with Gasteiger partial charge in [-0.1, -0.05) is 22.0 Å². The van der Waals surface area contributed by atoms with E-state index in [9.17, 15) is 13.2 Å². The van der Waals surface area contributed by atoms with Crippen LogP contribution in [0.4, 0.5) is 0 Å². The third kappa shape index (κ3) is 3.94. The van der Waals surface area contributed by atoms with E-state index in [0.717, 1.165) is 0 Å². The summed E-state index contributed by atoms with van der Waals surface area (Å²) in [5.41, 5.74) is 3.01. The number of nitrogens with one attached hydrogen (secondary N) is 2. The first-order valence-corrected chi connectivity index (χ1v) is 9.62. The van der Waals surface area contributed by atoms with E-state index in [-0.39, 0.29) is 10.5 Å². The number of amides is 1. The summed E-state index contributed by atoms with van der Waals surface area (Å²) in [4.78, 5) is 14.4. The van der Waals surface area contributed by atoms with E-state index in [0.29, 0.717) is 34.7 Å². The molecule has 0 spiro atoms. The molecule has 2 aromatic carbocycles. The SMILES string of the molecule is Cc1ccc(Br)cc1S(=O)(=O)NNC(=O)c1ccc2c(c1)OCCO2. The van der Waals surface area contributed by atoms with E-state index in [2.05, 4.69) is 26.2 Å². The quantitative estimate of drug-likeness (QED) is 0.730. The lowest BCUT2D eigenvalue weighted by Gasteiger charge is -2.18. The molecule has 1 aliphatic heterocycles. The molecule has 2 aromatic rings. The molecule has 2 N–H and O–H groups in total. The molecule has 0 bridgehead atoms. The number of halogens is 1. The van der Waals surface area contributed by atoms with Gasteiger partial charge in [-0.05, 0) is 42.8 Å². The molecule has 0 saturated carbocycles. The van der Waals surface area contributed by atoms with Crippen LogP contribution >= 0.6 is 15.9 Å². The van der Waals surface area contributed by atoms with E-state index in [1.165, 1.54) is 18.2 Å². The van der Waals surface area contributed by atoms with Gasteiger partial charge in [0.05, 0.1) is 4.90 Å². The average molecular weight is 427 g/mol. The second-order valence-corrected chi connectivity index (χ2v) is 7.89. The lowest BCUT2D eigenvalue weighted by Crippen LogP contribution is -2.41. The predicted molar refractivity (Wildman–Crippen MR) is 94.1 cm³/mol. The number of carbonyl (C=O) groups is 1. The van der Waals surface area contributed by atoms with Crippen molar-refractivity contribution in [1.29, 1.82) is 0 Å². The summed E-state index contributed by atoms with van der Waals surface area (Å²) in [6.07, 6.45) is 0. The Morgan fingerprint density at radius 1 is 1.08 bits per heavy atom. The highest BCUT2D eigenvalue weighted by molar-refractivity contribution is 9.10. The Hall–Kier alpha value is -2.10. The molecule has 1 amide bonds. The summed E-state index contributed by atoms with van der Waals surface area (Å²) in [5.74, 6) is 0.394. The topological polar surface area (TPSA) is 93.7 Å². The number of sulfonamides is 1. The molecule has 0 unspecified atom stereocenters. The number of hydrogen-bond acceptors (Lipinski definition) is 5. The van der Waals surface area contributed by atoms with Crippen molar-refractivity contribution in [3.05, 3.63) is 52.0 Å². The number of hydrogen-bond donors (Lipinski definition) is 2. The van der Waals surface area contributed by atoms with Crippen molar-refractivity contribution >= 4 is 31.9 Å². The highest BCUT2D eigenvalue weighted by Gasteiger charge is 2.20. The van der Waals surface area contributed by atoms with E-state index in [1.807, 2.05) is 0 Å². The maximum Gasteiger partial charge on any atom is 0.266 e. The first-order chi connectivity index (χ1) is 11.9. The van der Waals surface area contributed by atoms with E-state index < -0.39 is 15.9 Å². The Kier molecular flexibility index (Phi) is 4.98. The van der Waals surface area contributed by atoms with Crippen LogP contribution in [0, 0.1) is 6.92 Å². The molecule has 1 aliphatic rings. The lowest BCUT2D eigenvalue weighted by molar-refractivity contribution is 0.0944. The molecule has 0 aromatic heterocycles. The molecule has 0 fully saturated rings. The van der Waals surface area contributed by atoms with E-state index in [1.54, 1.807) is 25.1 Å². The van der Waals surface area contributed by atoms with Crippen LogP contribution in [0.15, 0.2) is 45.8 Å². The highest BCUT2D eigenvalue weighted by Crippen LogP contribution is 2.30. The van der Waals surface area contributed by atoms with Crippen LogP contribution in [0.5, 0.6) is 11.5 Å². The lowest BCUT2D eigenvalue weighted by atomic mass is 10.2. The zero-order valence-electron chi connectivity index (χ0n) is 13.2. The molecule has 25 heavy (non-hydrogen) atoms. The highest BCUT2D eigenvalue weighted by atomic mass is 79.9. The van der Waals surface area contributed by atoms with Crippen LogP contribution in [0.1, 0.15) is 15.9 Å². The van der Waals surface area contributed by atoms with Crippen molar-refractivity contribution in [3.8, 4) is 11.5 Å². The second kappa shape index (κ2) is 7.03. The molecule has 3 rings (SSSR count). The van der Waals surface area contributed by atoms with Gasteiger partial charge in [-0.3, -0.25) is 10.2 Å². The molecular weight excluding hydrogens is 412 g/mol.